The van der Waals surface area contributed by atoms with Gasteiger partial charge in [-0.3, -0.25) is 14.3 Å². The molecule has 0 bridgehead atoms. The van der Waals surface area contributed by atoms with Crippen molar-refractivity contribution in [3.63, 3.8) is 0 Å². The molecule has 21 heavy (non-hydrogen) atoms. The molecule has 2 aliphatic heterocycles. The molecule has 3 rings (SSSR count). The molecule has 0 aromatic carbocycles. The van der Waals surface area contributed by atoms with Crippen molar-refractivity contribution in [1.82, 2.24) is 9.55 Å². The lowest BCUT2D eigenvalue weighted by Gasteiger charge is -2.24. The van der Waals surface area contributed by atoms with Gasteiger partial charge in [-0.15, -0.1) is 0 Å². The number of nitrogens with zero attached hydrogens (tertiary/aromatic N) is 1. The predicted octanol–water partition coefficient (Wildman–Crippen LogP) is -0.915. The molecule has 9 heteroatoms. The maximum Gasteiger partial charge on any atom is 0.330 e. The highest BCUT2D eigenvalue weighted by Crippen LogP contribution is 2.42. The van der Waals surface area contributed by atoms with Crippen molar-refractivity contribution in [2.24, 2.45) is 0 Å². The molecular weight excluding hydrogens is 290 g/mol. The van der Waals surface area contributed by atoms with Crippen LogP contribution in [0.1, 0.15) is 20.1 Å². The van der Waals surface area contributed by atoms with Gasteiger partial charge < -0.3 is 19.3 Å². The van der Waals surface area contributed by atoms with E-state index in [0.29, 0.717) is 0 Å². The van der Waals surface area contributed by atoms with Crippen molar-refractivity contribution >= 4 is 0 Å². The van der Waals surface area contributed by atoms with Crippen molar-refractivity contribution < 1.29 is 23.7 Å². The summed E-state index contributed by atoms with van der Waals surface area (Å²) in [5.41, 5.74) is -1.93. The minimum atomic E-state index is -1.11. The van der Waals surface area contributed by atoms with E-state index in [9.17, 15) is 19.1 Å². The average Bonchev–Trinajstić information content (AvgIpc) is 2.87. The van der Waals surface area contributed by atoms with Crippen LogP contribution in [0.3, 0.4) is 0 Å². The van der Waals surface area contributed by atoms with E-state index in [1.54, 1.807) is 13.8 Å². The fraction of sp³-hybridized carbons (Fsp3) is 0.667. The van der Waals surface area contributed by atoms with E-state index >= 15 is 0 Å². The van der Waals surface area contributed by atoms with Crippen LogP contribution in [0.25, 0.3) is 0 Å². The third-order valence-electron chi connectivity index (χ3n) is 3.50. The van der Waals surface area contributed by atoms with Crippen LogP contribution in [0.2, 0.25) is 0 Å². The Bertz CT molecular complexity index is 668. The molecule has 1 unspecified atom stereocenters. The van der Waals surface area contributed by atoms with E-state index in [2.05, 4.69) is 0 Å². The van der Waals surface area contributed by atoms with Gasteiger partial charge in [0.15, 0.2) is 12.0 Å². The Morgan fingerprint density at radius 3 is 2.71 bits per heavy atom. The molecule has 0 radical (unpaired) electrons. The molecule has 0 saturated carbocycles. The topological polar surface area (TPSA) is 103 Å². The third-order valence-corrected chi connectivity index (χ3v) is 3.50. The maximum absolute atomic E-state index is 13.4. The van der Waals surface area contributed by atoms with Crippen LogP contribution in [-0.4, -0.2) is 45.4 Å². The Morgan fingerprint density at radius 2 is 2.05 bits per heavy atom. The molecule has 1 aromatic rings. The third kappa shape index (κ3) is 2.31. The molecule has 2 saturated heterocycles. The van der Waals surface area contributed by atoms with E-state index in [1.807, 2.05) is 4.98 Å². The Labute approximate surface area is 118 Å². The predicted molar refractivity (Wildman–Crippen MR) is 66.1 cm³/mol. The Morgan fingerprint density at radius 1 is 1.38 bits per heavy atom. The summed E-state index contributed by atoms with van der Waals surface area (Å²) < 4.78 is 31.1. The molecule has 0 aliphatic carbocycles. The molecule has 4 atom stereocenters. The van der Waals surface area contributed by atoms with Crippen LogP contribution in [0.4, 0.5) is 4.39 Å². The zero-order valence-electron chi connectivity index (χ0n) is 11.4. The monoisotopic (exact) mass is 305 g/mol. The van der Waals surface area contributed by atoms with Crippen LogP contribution < -0.4 is 11.2 Å². The lowest BCUT2D eigenvalue weighted by molar-refractivity contribution is -0.200. The number of halogens is 1. The molecule has 0 spiro atoms. The van der Waals surface area contributed by atoms with Gasteiger partial charge in [0.2, 0.25) is 5.82 Å². The molecule has 116 valence electrons. The summed E-state index contributed by atoms with van der Waals surface area (Å²) in [5.74, 6) is -2.02. The van der Waals surface area contributed by atoms with Gasteiger partial charge in [0.05, 0.1) is 12.8 Å². The minimum absolute atomic E-state index is 0.336. The first-order valence-corrected chi connectivity index (χ1v) is 6.45. The van der Waals surface area contributed by atoms with Gasteiger partial charge in [-0.05, 0) is 13.8 Å². The van der Waals surface area contributed by atoms with Crippen LogP contribution in [-0.2, 0) is 14.2 Å². The van der Waals surface area contributed by atoms with Gasteiger partial charge in [0.1, 0.15) is 18.3 Å². The SMILES string of the molecule is CC1(C)OC2[C@@H](CO)O[C@@H]([15n]3cc(F)c(=O)[15nH][13c]3=O)[C@H]2O1. The molecule has 1 aromatic heterocycles. The number of hydrogen-bond donors (Lipinski definition) is 2. The average molecular weight is 305 g/mol. The van der Waals surface area contributed by atoms with E-state index in [1.165, 1.54) is 0 Å². The first-order chi connectivity index (χ1) is 9.82. The Balaban J connectivity index is 2.01. The number of rotatable bonds is 2. The second-order valence-electron chi connectivity index (χ2n) is 5.46. The number of fused-ring (bicyclic) bond motifs is 1. The number of aliphatic hydroxyl groups excluding tert-OH is 1. The van der Waals surface area contributed by atoms with Crippen LogP contribution in [0.5, 0.6) is 0 Å². The number of H-pyrrole nitrogens is 1. The fourth-order valence-electron chi connectivity index (χ4n) is 2.68. The second-order valence-corrected chi connectivity index (χ2v) is 5.46. The van der Waals surface area contributed by atoms with Crippen LogP contribution >= 0.6 is 0 Å². The quantitative estimate of drug-likeness (QED) is 0.733. The van der Waals surface area contributed by atoms with Crippen LogP contribution in [0, 0.1) is 5.82 Å². The van der Waals surface area contributed by atoms with Crippen molar-refractivity contribution in [3.05, 3.63) is 32.9 Å². The summed E-state index contributed by atoms with van der Waals surface area (Å²) in [5, 5.41) is 9.34. The number of hydrogen-bond acceptors (Lipinski definition) is 6. The normalized spacial score (nSPS) is 34.1. The van der Waals surface area contributed by atoms with Crippen molar-refractivity contribution in [1.29, 1.82) is 0 Å². The summed E-state index contributed by atoms with van der Waals surface area (Å²) in [6.07, 6.45) is -2.22. The van der Waals surface area contributed by atoms with Crippen molar-refractivity contribution in [2.75, 3.05) is 6.61 Å². The van der Waals surface area contributed by atoms with E-state index in [-0.39, 0.29) is 6.61 Å². The molecular formula is C12H15FN2O6. The lowest BCUT2D eigenvalue weighted by atomic mass is 10.1. The highest BCUT2D eigenvalue weighted by Gasteiger charge is 2.55. The van der Waals surface area contributed by atoms with Gasteiger partial charge in [0, 0.05) is 0 Å². The summed E-state index contributed by atoms with van der Waals surface area (Å²) in [6, 6.07) is 0. The van der Waals surface area contributed by atoms with Crippen LogP contribution in [0.15, 0.2) is 15.8 Å². The standard InChI is InChI=1S/C12H15FN2O6/c1-12(2)20-7-6(4-16)19-10(8(7)21-12)15-3-5(13)9(17)14-11(15)18/h3,6-8,10,16H,4H2,1-2H3,(H,14,17,18)/t6-,7?,8+,10-/m1/s1/i11+1,14+1,15+1. The van der Waals surface area contributed by atoms with E-state index in [0.717, 1.165) is 10.8 Å². The van der Waals surface area contributed by atoms with E-state index < -0.39 is 47.4 Å². The smallest absolute Gasteiger partial charge is 0.330 e. The van der Waals surface area contributed by atoms with Gasteiger partial charge in [-0.1, -0.05) is 0 Å². The molecule has 2 N–H and O–H groups in total. The zero-order valence-corrected chi connectivity index (χ0v) is 11.4. The van der Waals surface area contributed by atoms with Gasteiger partial charge in [-0.25, -0.2) is 4.79 Å². The van der Waals surface area contributed by atoms with Gasteiger partial charge in [0.25, 0.3) is 5.56 Å². The van der Waals surface area contributed by atoms with Crippen molar-refractivity contribution in [3.8, 4) is 0 Å². The van der Waals surface area contributed by atoms with Gasteiger partial charge >= 0.3 is 5.69 Å². The minimum Gasteiger partial charge on any atom is -0.394 e. The molecule has 3 heterocycles. The first kappa shape index (κ1) is 14.4. The number of aliphatic hydroxyl groups is 1. The summed E-state index contributed by atoms with van der Waals surface area (Å²) in [4.78, 5) is 24.8. The maximum atomic E-state index is 13.4. The molecule has 2 fully saturated rings. The fourth-order valence-corrected chi connectivity index (χ4v) is 2.68. The number of aromatic amines is 1. The summed E-state index contributed by atoms with van der Waals surface area (Å²) in [6.45, 7) is 3.04. The largest absolute Gasteiger partial charge is 0.394 e. The molecule has 8 nitrogen and oxygen atoms in total. The number of nitrogens with one attached hydrogen (secondary N) is 1. The molecule has 2 aliphatic rings. The highest BCUT2D eigenvalue weighted by molar-refractivity contribution is 4.99. The first-order valence-electron chi connectivity index (χ1n) is 6.45. The number of ether oxygens (including phenoxy) is 3. The van der Waals surface area contributed by atoms with Gasteiger partial charge in [-0.2, -0.15) is 4.39 Å². The summed E-state index contributed by atoms with van der Waals surface area (Å²) >= 11 is 0. The zero-order chi connectivity index (χ0) is 15.4. The van der Waals surface area contributed by atoms with Crippen molar-refractivity contribution in [2.45, 2.75) is 44.2 Å². The van der Waals surface area contributed by atoms with E-state index in [4.69, 9.17) is 14.2 Å². The lowest BCUT2D eigenvalue weighted by Crippen LogP contribution is -2.38. The Kier molecular flexibility index (Phi) is 3.24. The Hall–Kier alpha value is -1.55. The second kappa shape index (κ2) is 4.73. The highest BCUT2D eigenvalue weighted by atomic mass is 19.1. The molecule has 0 amide bonds. The summed E-state index contributed by atoms with van der Waals surface area (Å²) in [7, 11) is 0. The number of aromatic nitrogens is 2.